The Morgan fingerprint density at radius 1 is 1.30 bits per heavy atom. The van der Waals surface area contributed by atoms with E-state index in [0.29, 0.717) is 12.2 Å². The first-order chi connectivity index (χ1) is 14.1. The third-order valence-corrected chi connectivity index (χ3v) is 6.16. The summed E-state index contributed by atoms with van der Waals surface area (Å²) >= 11 is 0. The predicted octanol–water partition coefficient (Wildman–Crippen LogP) is 2.49. The molecule has 2 heterocycles. The molecule has 0 unspecified atom stereocenters. The van der Waals surface area contributed by atoms with Gasteiger partial charge in [0.05, 0.1) is 11.5 Å². The molecule has 30 heavy (non-hydrogen) atoms. The minimum atomic E-state index is -1.26. The number of carboxylic acids is 2. The lowest BCUT2D eigenvalue weighted by Gasteiger charge is -2.24. The molecule has 1 aliphatic carbocycles. The number of carboxylic acid groups (broad SMARTS) is 2. The van der Waals surface area contributed by atoms with Crippen molar-refractivity contribution >= 4 is 17.9 Å². The Balaban J connectivity index is 0.000000343. The minimum absolute atomic E-state index is 0.00405. The first kappa shape index (κ1) is 24.1. The van der Waals surface area contributed by atoms with Gasteiger partial charge in [-0.3, -0.25) is 4.79 Å². The molecule has 0 aromatic carbocycles. The normalized spacial score (nSPS) is 33.0. The lowest BCUT2D eigenvalue weighted by Crippen LogP contribution is -2.35. The highest BCUT2D eigenvalue weighted by molar-refractivity contribution is 5.89. The van der Waals surface area contributed by atoms with Crippen molar-refractivity contribution in [2.45, 2.75) is 64.3 Å². The van der Waals surface area contributed by atoms with Gasteiger partial charge in [0.25, 0.3) is 0 Å². The Hall–Kier alpha value is -2.19. The zero-order valence-electron chi connectivity index (χ0n) is 18.2. The van der Waals surface area contributed by atoms with E-state index in [-0.39, 0.29) is 35.6 Å². The van der Waals surface area contributed by atoms with E-state index in [0.717, 1.165) is 38.8 Å². The van der Waals surface area contributed by atoms with E-state index >= 15 is 0 Å². The molecule has 3 aliphatic rings. The van der Waals surface area contributed by atoms with Crippen molar-refractivity contribution in [2.24, 2.45) is 11.8 Å². The highest BCUT2D eigenvalue weighted by atomic mass is 16.6. The summed E-state index contributed by atoms with van der Waals surface area (Å²) < 4.78 is 11.8. The monoisotopic (exact) mass is 423 g/mol. The van der Waals surface area contributed by atoms with E-state index < -0.39 is 11.9 Å². The second kappa shape index (κ2) is 10.2. The lowest BCUT2D eigenvalue weighted by molar-refractivity contribution is -0.145. The van der Waals surface area contributed by atoms with Gasteiger partial charge in [-0.1, -0.05) is 18.6 Å². The van der Waals surface area contributed by atoms with Crippen LogP contribution in [-0.4, -0.2) is 71.0 Å². The average molecular weight is 424 g/mol. The number of fused-ring (bicyclic) bond motifs is 3. The summed E-state index contributed by atoms with van der Waals surface area (Å²) in [6.07, 6.45) is 7.69. The number of carbonyl (C=O) groups excluding carboxylic acids is 1. The van der Waals surface area contributed by atoms with E-state index in [4.69, 9.17) is 19.7 Å². The molecule has 2 saturated heterocycles. The summed E-state index contributed by atoms with van der Waals surface area (Å²) in [5, 5.41) is 15.6. The Labute approximate surface area is 177 Å². The number of aliphatic carboxylic acids is 2. The van der Waals surface area contributed by atoms with Crippen LogP contribution in [0.5, 0.6) is 0 Å². The Morgan fingerprint density at radius 2 is 1.93 bits per heavy atom. The van der Waals surface area contributed by atoms with Crippen LogP contribution in [-0.2, 0) is 23.9 Å². The topological polar surface area (TPSA) is 117 Å². The third-order valence-electron chi connectivity index (χ3n) is 6.16. The molecule has 0 spiro atoms. The zero-order valence-corrected chi connectivity index (χ0v) is 18.2. The molecule has 0 aromatic rings. The number of esters is 1. The number of epoxide rings is 1. The summed E-state index contributed by atoms with van der Waals surface area (Å²) in [7, 11) is 2.07. The summed E-state index contributed by atoms with van der Waals surface area (Å²) in [6.45, 7) is 8.24. The number of carbonyl (C=O) groups is 3. The van der Waals surface area contributed by atoms with E-state index in [1.807, 2.05) is 0 Å². The molecule has 2 aliphatic heterocycles. The third kappa shape index (κ3) is 6.40. The van der Waals surface area contributed by atoms with Gasteiger partial charge in [-0.15, -0.1) is 0 Å². The van der Waals surface area contributed by atoms with Gasteiger partial charge >= 0.3 is 17.9 Å². The average Bonchev–Trinajstić information content (AvgIpc) is 3.25. The maximum Gasteiger partial charge on any atom is 0.328 e. The van der Waals surface area contributed by atoms with Crippen LogP contribution in [0.4, 0.5) is 0 Å². The van der Waals surface area contributed by atoms with Crippen molar-refractivity contribution in [3.05, 3.63) is 23.8 Å². The maximum atomic E-state index is 12.4. The molecule has 8 heteroatoms. The Morgan fingerprint density at radius 3 is 2.50 bits per heavy atom. The van der Waals surface area contributed by atoms with Crippen molar-refractivity contribution in [3.63, 3.8) is 0 Å². The van der Waals surface area contributed by atoms with Crippen LogP contribution in [0.25, 0.3) is 0 Å². The van der Waals surface area contributed by atoms with Crippen LogP contribution >= 0.6 is 0 Å². The molecule has 2 fully saturated rings. The second-order valence-corrected chi connectivity index (χ2v) is 8.52. The van der Waals surface area contributed by atoms with E-state index in [1.54, 1.807) is 0 Å². The SMILES string of the molecule is CCN(C)C[C@@H]1C(=O)O[C@H]2[C@H]1CCC(C)=CCC[C@@]1(C)O[C@@H]21.O=C(O)/C=C/C(=O)O. The summed E-state index contributed by atoms with van der Waals surface area (Å²) in [5.41, 5.74) is 1.34. The fraction of sp³-hybridized carbons (Fsp3) is 0.682. The quantitative estimate of drug-likeness (QED) is 0.300. The second-order valence-electron chi connectivity index (χ2n) is 8.52. The van der Waals surface area contributed by atoms with Crippen LogP contribution in [0.2, 0.25) is 0 Å². The van der Waals surface area contributed by atoms with Gasteiger partial charge < -0.3 is 24.6 Å². The summed E-state index contributed by atoms with van der Waals surface area (Å²) in [4.78, 5) is 33.7. The molecule has 8 nitrogen and oxygen atoms in total. The number of ether oxygens (including phenoxy) is 2. The molecular weight excluding hydrogens is 390 g/mol. The standard InChI is InChI=1S/C18H29NO3.C4H4O4/c1-5-19(4)11-14-13-9-8-12(2)7-6-10-18(3)16(22-18)15(13)21-17(14)20;5-3(6)1-2-4(7)8/h7,13-16H,5-6,8-11H2,1-4H3;1-2H,(H,5,6)(H,7,8)/b;2-1+/t13-,14-,15-,16-,18+;/m0./s1. The summed E-state index contributed by atoms with van der Waals surface area (Å²) in [5.74, 6) is -2.25. The number of rotatable bonds is 5. The van der Waals surface area contributed by atoms with Gasteiger partial charge in [0.1, 0.15) is 12.2 Å². The highest BCUT2D eigenvalue weighted by Gasteiger charge is 2.62. The molecule has 0 bridgehead atoms. The molecule has 3 rings (SSSR count). The van der Waals surface area contributed by atoms with Crippen molar-refractivity contribution in [2.75, 3.05) is 20.1 Å². The van der Waals surface area contributed by atoms with Crippen molar-refractivity contribution in [3.8, 4) is 0 Å². The Bertz CT molecular complexity index is 700. The van der Waals surface area contributed by atoms with Gasteiger partial charge in [0.15, 0.2) is 0 Å². The van der Waals surface area contributed by atoms with Gasteiger partial charge in [0.2, 0.25) is 0 Å². The lowest BCUT2D eigenvalue weighted by atomic mass is 9.80. The number of allylic oxidation sites excluding steroid dienone is 2. The molecule has 0 amide bonds. The first-order valence-corrected chi connectivity index (χ1v) is 10.4. The molecule has 0 aromatic heterocycles. The van der Waals surface area contributed by atoms with Gasteiger partial charge in [0, 0.05) is 24.6 Å². The number of nitrogens with zero attached hydrogens (tertiary/aromatic N) is 1. The summed E-state index contributed by atoms with van der Waals surface area (Å²) in [6, 6.07) is 0. The van der Waals surface area contributed by atoms with Gasteiger partial charge in [-0.05, 0) is 53.1 Å². The van der Waals surface area contributed by atoms with Crippen LogP contribution in [0.3, 0.4) is 0 Å². The zero-order chi connectivity index (χ0) is 22.5. The van der Waals surface area contributed by atoms with Gasteiger partial charge in [-0.2, -0.15) is 0 Å². The molecule has 168 valence electrons. The van der Waals surface area contributed by atoms with E-state index in [1.165, 1.54) is 5.57 Å². The van der Waals surface area contributed by atoms with Crippen LogP contribution in [0.1, 0.15) is 46.5 Å². The van der Waals surface area contributed by atoms with Crippen molar-refractivity contribution in [1.29, 1.82) is 0 Å². The fourth-order valence-corrected chi connectivity index (χ4v) is 4.16. The molecular formula is C22H33NO7. The molecule has 0 radical (unpaired) electrons. The van der Waals surface area contributed by atoms with Crippen LogP contribution in [0.15, 0.2) is 23.8 Å². The number of hydrogen-bond acceptors (Lipinski definition) is 6. The molecule has 0 saturated carbocycles. The van der Waals surface area contributed by atoms with Crippen molar-refractivity contribution in [1.82, 2.24) is 4.90 Å². The smallest absolute Gasteiger partial charge is 0.328 e. The Kier molecular flexibility index (Phi) is 8.20. The molecule has 5 atom stereocenters. The van der Waals surface area contributed by atoms with Gasteiger partial charge in [-0.25, -0.2) is 9.59 Å². The minimum Gasteiger partial charge on any atom is -0.478 e. The van der Waals surface area contributed by atoms with Crippen LogP contribution in [0, 0.1) is 11.8 Å². The predicted molar refractivity (Wildman–Crippen MR) is 110 cm³/mol. The van der Waals surface area contributed by atoms with Crippen molar-refractivity contribution < 1.29 is 34.1 Å². The first-order valence-electron chi connectivity index (χ1n) is 10.4. The van der Waals surface area contributed by atoms with Crippen LogP contribution < -0.4 is 0 Å². The maximum absolute atomic E-state index is 12.4. The van der Waals surface area contributed by atoms with E-state index in [2.05, 4.69) is 38.8 Å². The number of hydrogen-bond donors (Lipinski definition) is 2. The van der Waals surface area contributed by atoms with E-state index in [9.17, 15) is 14.4 Å². The largest absolute Gasteiger partial charge is 0.478 e. The molecule has 2 N–H and O–H groups in total. The fourth-order valence-electron chi connectivity index (χ4n) is 4.16. The highest BCUT2D eigenvalue weighted by Crippen LogP contribution is 2.50.